The van der Waals surface area contributed by atoms with Gasteiger partial charge in [-0.15, -0.1) is 0 Å². The summed E-state index contributed by atoms with van der Waals surface area (Å²) in [6.07, 6.45) is 6.62. The van der Waals surface area contributed by atoms with Crippen LogP contribution in [0.4, 0.5) is 10.5 Å². The maximum atomic E-state index is 13.0. The molecule has 1 fully saturated rings. The number of carbonyl (C=O) groups excluding carboxylic acids is 2. The van der Waals surface area contributed by atoms with Crippen molar-refractivity contribution in [3.63, 3.8) is 0 Å². The molecule has 0 radical (unpaired) electrons. The van der Waals surface area contributed by atoms with E-state index in [1.807, 2.05) is 0 Å². The maximum Gasteiger partial charge on any atom is 0.316 e. The van der Waals surface area contributed by atoms with Crippen LogP contribution < -0.4 is 15.2 Å². The smallest absolute Gasteiger partial charge is 0.316 e. The summed E-state index contributed by atoms with van der Waals surface area (Å²) < 4.78 is 33.2. The molecular weight excluding hydrogens is 372 g/mol. The van der Waals surface area contributed by atoms with Crippen LogP contribution >= 0.6 is 0 Å². The number of rotatable bonds is 5. The van der Waals surface area contributed by atoms with E-state index in [1.54, 1.807) is 0 Å². The van der Waals surface area contributed by atoms with Gasteiger partial charge in [-0.05, 0) is 25.0 Å². The predicted molar refractivity (Wildman–Crippen MR) is 100 cm³/mol. The quantitative estimate of drug-likeness (QED) is 0.454. The molecule has 1 aliphatic rings. The third-order valence-electron chi connectivity index (χ3n) is 4.61. The van der Waals surface area contributed by atoms with Gasteiger partial charge in [-0.1, -0.05) is 25.7 Å². The molecule has 1 aromatic heterocycles. The molecule has 146 valence electrons. The Bertz CT molecular complexity index is 971. The molecule has 8 nitrogen and oxygen atoms in total. The molecule has 1 aromatic carbocycles. The van der Waals surface area contributed by atoms with Crippen LogP contribution in [-0.2, 0) is 10.1 Å². The summed E-state index contributed by atoms with van der Waals surface area (Å²) in [6.45, 7) is 0. The minimum Gasteiger partial charge on any atom is -0.451 e. The molecule has 27 heavy (non-hydrogen) atoms. The standard InChI is InChI=1S/C18H22N2O6S/c1-27(23,24)26-12-8-9-13-14(10-12)25-17(15(13)20-18(19)22)16(21)11-6-4-2-3-5-7-11/h8-11H,2-7H2,1H3,(H3,19,20,22). The van der Waals surface area contributed by atoms with Crippen LogP contribution in [0.25, 0.3) is 11.0 Å². The van der Waals surface area contributed by atoms with Crippen molar-refractivity contribution in [2.45, 2.75) is 38.5 Å². The normalized spacial score (nSPS) is 16.0. The molecule has 3 rings (SSSR count). The lowest BCUT2D eigenvalue weighted by molar-refractivity contribution is 0.0882. The third kappa shape index (κ3) is 4.60. The van der Waals surface area contributed by atoms with E-state index in [0.29, 0.717) is 5.39 Å². The number of urea groups is 1. The Labute approximate surface area is 157 Å². The Morgan fingerprint density at radius 2 is 1.85 bits per heavy atom. The fraction of sp³-hybridized carbons (Fsp3) is 0.444. The van der Waals surface area contributed by atoms with Crippen LogP contribution in [0.15, 0.2) is 22.6 Å². The van der Waals surface area contributed by atoms with Gasteiger partial charge in [0.2, 0.25) is 5.78 Å². The number of hydrogen-bond donors (Lipinski definition) is 2. The zero-order chi connectivity index (χ0) is 19.6. The number of nitrogens with one attached hydrogen (secondary N) is 1. The first-order chi connectivity index (χ1) is 12.7. The number of Topliss-reactive ketones (excluding diaryl/α,β-unsaturated/α-hetero) is 1. The summed E-state index contributed by atoms with van der Waals surface area (Å²) in [5, 5.41) is 2.92. The fourth-order valence-electron chi connectivity index (χ4n) is 3.45. The first kappa shape index (κ1) is 19.2. The van der Waals surface area contributed by atoms with Gasteiger partial charge in [0.15, 0.2) is 5.76 Å². The number of hydrogen-bond acceptors (Lipinski definition) is 6. The minimum atomic E-state index is -3.70. The van der Waals surface area contributed by atoms with Crippen molar-refractivity contribution in [1.82, 2.24) is 0 Å². The molecule has 1 heterocycles. The second-order valence-electron chi connectivity index (χ2n) is 6.79. The van der Waals surface area contributed by atoms with E-state index in [1.165, 1.54) is 18.2 Å². The molecule has 3 N–H and O–H groups in total. The van der Waals surface area contributed by atoms with E-state index in [2.05, 4.69) is 5.32 Å². The summed E-state index contributed by atoms with van der Waals surface area (Å²) >= 11 is 0. The molecule has 0 spiro atoms. The van der Waals surface area contributed by atoms with Gasteiger partial charge in [0.25, 0.3) is 0 Å². The van der Waals surface area contributed by atoms with Crippen molar-refractivity contribution in [2.75, 3.05) is 11.6 Å². The van der Waals surface area contributed by atoms with Crippen LogP contribution in [-0.4, -0.2) is 26.5 Å². The highest BCUT2D eigenvalue weighted by atomic mass is 32.2. The molecule has 0 aliphatic heterocycles. The number of anilines is 1. The zero-order valence-corrected chi connectivity index (χ0v) is 15.8. The predicted octanol–water partition coefficient (Wildman–Crippen LogP) is 3.41. The van der Waals surface area contributed by atoms with E-state index >= 15 is 0 Å². The van der Waals surface area contributed by atoms with Gasteiger partial charge in [0.1, 0.15) is 17.0 Å². The molecule has 0 saturated heterocycles. The number of ketones is 1. The Kier molecular flexibility index (Phi) is 5.41. The highest BCUT2D eigenvalue weighted by molar-refractivity contribution is 7.86. The number of carbonyl (C=O) groups is 2. The largest absolute Gasteiger partial charge is 0.451 e. The average Bonchev–Trinajstić information content (AvgIpc) is 2.75. The highest BCUT2D eigenvalue weighted by Crippen LogP contribution is 2.37. The monoisotopic (exact) mass is 394 g/mol. The van der Waals surface area contributed by atoms with E-state index in [4.69, 9.17) is 14.3 Å². The Morgan fingerprint density at radius 1 is 1.19 bits per heavy atom. The van der Waals surface area contributed by atoms with E-state index in [9.17, 15) is 18.0 Å². The van der Waals surface area contributed by atoms with Crippen molar-refractivity contribution >= 4 is 38.6 Å². The number of amides is 2. The van der Waals surface area contributed by atoms with E-state index < -0.39 is 16.1 Å². The summed E-state index contributed by atoms with van der Waals surface area (Å²) in [5.41, 5.74) is 5.69. The van der Waals surface area contributed by atoms with Crippen molar-refractivity contribution in [1.29, 1.82) is 0 Å². The van der Waals surface area contributed by atoms with Crippen LogP contribution in [0.2, 0.25) is 0 Å². The maximum absolute atomic E-state index is 13.0. The molecule has 1 saturated carbocycles. The first-order valence-corrected chi connectivity index (χ1v) is 10.6. The summed E-state index contributed by atoms with van der Waals surface area (Å²) in [6, 6.07) is 3.50. The van der Waals surface area contributed by atoms with Gasteiger partial charge < -0.3 is 19.7 Å². The van der Waals surface area contributed by atoms with Crippen molar-refractivity contribution in [3.8, 4) is 5.75 Å². The summed E-state index contributed by atoms with van der Waals surface area (Å²) in [4.78, 5) is 24.5. The Morgan fingerprint density at radius 3 is 2.44 bits per heavy atom. The van der Waals surface area contributed by atoms with Crippen molar-refractivity contribution in [2.24, 2.45) is 11.7 Å². The SMILES string of the molecule is CS(=O)(=O)Oc1ccc2c(NC(N)=O)c(C(=O)C3CCCCCC3)oc2c1. The highest BCUT2D eigenvalue weighted by Gasteiger charge is 2.29. The van der Waals surface area contributed by atoms with Crippen LogP contribution in [0, 0.1) is 5.92 Å². The Hall–Kier alpha value is -2.55. The van der Waals surface area contributed by atoms with Gasteiger partial charge in [0.05, 0.1) is 6.26 Å². The second kappa shape index (κ2) is 7.59. The van der Waals surface area contributed by atoms with E-state index in [-0.39, 0.29) is 34.5 Å². The lowest BCUT2D eigenvalue weighted by atomic mass is 9.93. The van der Waals surface area contributed by atoms with Gasteiger partial charge in [-0.3, -0.25) is 4.79 Å². The minimum absolute atomic E-state index is 0.0344. The molecule has 2 aromatic rings. The molecule has 2 amide bonds. The third-order valence-corrected chi connectivity index (χ3v) is 5.10. The average molecular weight is 394 g/mol. The molecule has 1 aliphatic carbocycles. The number of nitrogens with two attached hydrogens (primary N) is 1. The fourth-order valence-corrected chi connectivity index (χ4v) is 3.90. The van der Waals surface area contributed by atoms with Crippen LogP contribution in [0.3, 0.4) is 0 Å². The second-order valence-corrected chi connectivity index (χ2v) is 8.37. The molecule has 0 atom stereocenters. The number of benzene rings is 1. The number of primary amides is 1. The summed E-state index contributed by atoms with van der Waals surface area (Å²) in [5.74, 6) is -0.263. The first-order valence-electron chi connectivity index (χ1n) is 8.81. The number of furan rings is 1. The number of fused-ring (bicyclic) bond motifs is 1. The van der Waals surface area contributed by atoms with Gasteiger partial charge >= 0.3 is 16.1 Å². The van der Waals surface area contributed by atoms with Crippen molar-refractivity contribution in [3.05, 3.63) is 24.0 Å². The molecule has 9 heteroatoms. The molecule has 0 bridgehead atoms. The zero-order valence-electron chi connectivity index (χ0n) is 15.0. The summed E-state index contributed by atoms with van der Waals surface area (Å²) in [7, 11) is -3.70. The lowest BCUT2D eigenvalue weighted by Gasteiger charge is -2.12. The van der Waals surface area contributed by atoms with Crippen LogP contribution in [0.1, 0.15) is 49.1 Å². The lowest BCUT2D eigenvalue weighted by Crippen LogP contribution is -2.22. The van der Waals surface area contributed by atoms with Gasteiger partial charge in [0, 0.05) is 17.4 Å². The molecule has 0 unspecified atom stereocenters. The van der Waals surface area contributed by atoms with Crippen LogP contribution in [0.5, 0.6) is 5.75 Å². The topological polar surface area (TPSA) is 129 Å². The van der Waals surface area contributed by atoms with Gasteiger partial charge in [-0.25, -0.2) is 4.79 Å². The van der Waals surface area contributed by atoms with Gasteiger partial charge in [-0.2, -0.15) is 8.42 Å². The van der Waals surface area contributed by atoms with E-state index in [0.717, 1.165) is 44.8 Å². The Balaban J connectivity index is 2.03. The molecular formula is C18H22N2O6S. The van der Waals surface area contributed by atoms with Crippen molar-refractivity contribution < 1.29 is 26.6 Å².